The van der Waals surface area contributed by atoms with Crippen LogP contribution in [0.3, 0.4) is 0 Å². The molecular weight excluding hydrogens is 627 g/mol. The van der Waals surface area contributed by atoms with Gasteiger partial charge in [0.15, 0.2) is 0 Å². The molecule has 0 saturated carbocycles. The summed E-state index contributed by atoms with van der Waals surface area (Å²) in [4.78, 5) is 10.5. The second-order valence-electron chi connectivity index (χ2n) is 13.1. The third-order valence-corrected chi connectivity index (χ3v) is 10.2. The molecule has 3 aromatic heterocycles. The highest BCUT2D eigenvalue weighted by Crippen LogP contribution is 2.43. The van der Waals surface area contributed by atoms with Crippen LogP contribution in [0.5, 0.6) is 0 Å². The molecule has 1 aliphatic heterocycles. The van der Waals surface area contributed by atoms with Crippen molar-refractivity contribution in [1.29, 1.82) is 0 Å². The molecule has 6 nitrogen and oxygen atoms in total. The fourth-order valence-electron chi connectivity index (χ4n) is 7.92. The van der Waals surface area contributed by atoms with Gasteiger partial charge in [-0.2, -0.15) is 4.99 Å². The summed E-state index contributed by atoms with van der Waals surface area (Å²) in [6, 6.07) is 57.2. The topological polar surface area (TPSA) is 59.8 Å². The minimum atomic E-state index is -0.313. The number of amidine groups is 1. The smallest absolute Gasteiger partial charge is 0.234 e. The highest BCUT2D eigenvalue weighted by atomic mass is 16.3. The van der Waals surface area contributed by atoms with E-state index in [-0.39, 0.29) is 6.17 Å². The van der Waals surface area contributed by atoms with Gasteiger partial charge in [-0.3, -0.25) is 4.57 Å². The minimum absolute atomic E-state index is 0.313. The first-order chi connectivity index (χ1) is 25.3. The number of para-hydroxylation sites is 3. The Morgan fingerprint density at radius 2 is 1.18 bits per heavy atom. The van der Waals surface area contributed by atoms with Crippen molar-refractivity contribution in [2.24, 2.45) is 9.98 Å². The first-order valence-electron chi connectivity index (χ1n) is 17.2. The Kier molecular flexibility index (Phi) is 5.92. The average molecular weight is 656 g/mol. The van der Waals surface area contributed by atoms with Crippen LogP contribution >= 0.6 is 0 Å². The summed E-state index contributed by atoms with van der Waals surface area (Å²) >= 11 is 0. The molecule has 240 valence electrons. The highest BCUT2D eigenvalue weighted by molar-refractivity contribution is 6.27. The van der Waals surface area contributed by atoms with Crippen LogP contribution in [0.25, 0.3) is 71.2 Å². The van der Waals surface area contributed by atoms with E-state index >= 15 is 0 Å². The van der Waals surface area contributed by atoms with Gasteiger partial charge < -0.3 is 14.3 Å². The van der Waals surface area contributed by atoms with E-state index in [0.717, 1.165) is 77.4 Å². The van der Waals surface area contributed by atoms with Gasteiger partial charge in [-0.05, 0) is 54.1 Å². The van der Waals surface area contributed by atoms with Crippen molar-refractivity contribution in [2.45, 2.75) is 6.17 Å². The number of nitrogens with one attached hydrogen (secondary N) is 1. The lowest BCUT2D eigenvalue weighted by atomic mass is 10.1. The van der Waals surface area contributed by atoms with Crippen molar-refractivity contribution < 1.29 is 4.42 Å². The Morgan fingerprint density at radius 1 is 0.510 bits per heavy atom. The number of rotatable bonds is 3. The summed E-state index contributed by atoms with van der Waals surface area (Å²) in [5, 5.41) is 10.5. The number of fused-ring (bicyclic) bond motifs is 10. The van der Waals surface area contributed by atoms with Gasteiger partial charge >= 0.3 is 0 Å². The van der Waals surface area contributed by atoms with Crippen LogP contribution < -0.4 is 5.32 Å². The van der Waals surface area contributed by atoms with E-state index in [0.29, 0.717) is 5.96 Å². The van der Waals surface area contributed by atoms with Gasteiger partial charge in [-0.1, -0.05) is 115 Å². The van der Waals surface area contributed by atoms with E-state index in [1.165, 1.54) is 10.8 Å². The quantitative estimate of drug-likeness (QED) is 0.206. The second kappa shape index (κ2) is 10.8. The van der Waals surface area contributed by atoms with Gasteiger partial charge in [0.05, 0.1) is 27.5 Å². The van der Waals surface area contributed by atoms with Gasteiger partial charge in [0.1, 0.15) is 23.2 Å². The number of aliphatic imine (C=N–C) groups is 2. The third kappa shape index (κ3) is 4.17. The second-order valence-corrected chi connectivity index (χ2v) is 13.1. The Balaban J connectivity index is 1.27. The van der Waals surface area contributed by atoms with Gasteiger partial charge in [-0.15, -0.1) is 0 Å². The van der Waals surface area contributed by atoms with Gasteiger partial charge in [0.25, 0.3) is 0 Å². The van der Waals surface area contributed by atoms with Crippen molar-refractivity contribution in [3.63, 3.8) is 0 Å². The zero-order valence-corrected chi connectivity index (χ0v) is 27.4. The van der Waals surface area contributed by atoms with Crippen LogP contribution in [0.15, 0.2) is 178 Å². The molecule has 6 heteroatoms. The maximum atomic E-state index is 6.41. The molecule has 7 aromatic carbocycles. The molecule has 4 heterocycles. The molecular formula is C45H29N5O. The Bertz CT molecular complexity index is 3040. The van der Waals surface area contributed by atoms with Crippen LogP contribution in [0.1, 0.15) is 17.3 Å². The van der Waals surface area contributed by atoms with Crippen LogP contribution in [0.2, 0.25) is 0 Å². The summed E-state index contributed by atoms with van der Waals surface area (Å²) in [7, 11) is 0. The summed E-state index contributed by atoms with van der Waals surface area (Å²) < 4.78 is 11.0. The SMILES string of the molecule is c1ccc(C2=NC(n3c4ccccc4c4cc5c6ccc7oc8ccccc8c7c6n(-c6ccccc6)c5cc43)=NC(c3ccccc3)N2)cc1. The van der Waals surface area contributed by atoms with E-state index in [4.69, 9.17) is 14.4 Å². The Hall–Kier alpha value is -6.92. The number of aromatic nitrogens is 2. The monoisotopic (exact) mass is 655 g/mol. The fourth-order valence-corrected chi connectivity index (χ4v) is 7.92. The van der Waals surface area contributed by atoms with Crippen molar-refractivity contribution in [2.75, 3.05) is 0 Å². The van der Waals surface area contributed by atoms with Crippen LogP contribution in [-0.2, 0) is 0 Å². The molecule has 1 N–H and O–H groups in total. The van der Waals surface area contributed by atoms with E-state index in [1.807, 2.05) is 36.4 Å². The minimum Gasteiger partial charge on any atom is -0.456 e. The zero-order chi connectivity index (χ0) is 33.5. The standard InChI is InChI=1S/C45H29N5O/c1-4-14-28(15-5-1)43-46-44(29-16-6-2-7-17-29)48-45(47-43)50-36-22-12-10-20-31(36)34-26-35-32-24-25-40-41(33-21-11-13-23-39(33)51-40)42(32)49(37(35)27-38(34)50)30-18-8-3-9-19-30/h1-27,43H,(H,46,47,48). The van der Waals surface area contributed by atoms with E-state index in [1.54, 1.807) is 0 Å². The summed E-state index contributed by atoms with van der Waals surface area (Å²) in [6.07, 6.45) is -0.313. The molecule has 11 rings (SSSR count). The molecule has 0 radical (unpaired) electrons. The molecule has 1 aliphatic rings. The predicted octanol–water partition coefficient (Wildman–Crippen LogP) is 10.7. The fraction of sp³-hybridized carbons (Fsp3) is 0.0222. The maximum Gasteiger partial charge on any atom is 0.234 e. The molecule has 0 fully saturated rings. The molecule has 0 amide bonds. The summed E-state index contributed by atoms with van der Waals surface area (Å²) in [5.74, 6) is 1.42. The lowest BCUT2D eigenvalue weighted by molar-refractivity contribution is 0.668. The molecule has 10 aromatic rings. The lowest BCUT2D eigenvalue weighted by Gasteiger charge is -2.24. The van der Waals surface area contributed by atoms with E-state index in [2.05, 4.69) is 142 Å². The summed E-state index contributed by atoms with van der Waals surface area (Å²) in [6.45, 7) is 0. The molecule has 0 bridgehead atoms. The third-order valence-electron chi connectivity index (χ3n) is 10.2. The van der Waals surface area contributed by atoms with Crippen LogP contribution in [0.4, 0.5) is 0 Å². The van der Waals surface area contributed by atoms with Crippen LogP contribution in [-0.4, -0.2) is 20.9 Å². The normalized spacial score (nSPS) is 14.9. The Morgan fingerprint density at radius 3 is 2.00 bits per heavy atom. The number of nitrogens with zero attached hydrogens (tertiary/aromatic N) is 4. The number of furan rings is 1. The molecule has 0 aliphatic carbocycles. The molecule has 0 saturated heterocycles. The van der Waals surface area contributed by atoms with Gasteiger partial charge in [-0.25, -0.2) is 4.99 Å². The average Bonchev–Trinajstić information content (AvgIpc) is 3.85. The molecule has 0 spiro atoms. The van der Waals surface area contributed by atoms with Crippen LogP contribution in [0, 0.1) is 0 Å². The highest BCUT2D eigenvalue weighted by Gasteiger charge is 2.26. The van der Waals surface area contributed by atoms with E-state index < -0.39 is 0 Å². The zero-order valence-electron chi connectivity index (χ0n) is 27.4. The lowest BCUT2D eigenvalue weighted by Crippen LogP contribution is -2.35. The van der Waals surface area contributed by atoms with E-state index in [9.17, 15) is 0 Å². The Labute approximate surface area is 292 Å². The molecule has 51 heavy (non-hydrogen) atoms. The number of hydrogen-bond donors (Lipinski definition) is 1. The predicted molar refractivity (Wildman–Crippen MR) is 209 cm³/mol. The van der Waals surface area contributed by atoms with Crippen molar-refractivity contribution in [3.8, 4) is 5.69 Å². The summed E-state index contributed by atoms with van der Waals surface area (Å²) in [5.41, 5.74) is 9.27. The van der Waals surface area contributed by atoms with Crippen molar-refractivity contribution >= 4 is 77.3 Å². The number of benzene rings is 7. The number of hydrogen-bond acceptors (Lipinski definition) is 4. The largest absolute Gasteiger partial charge is 0.456 e. The molecule has 1 atom stereocenters. The van der Waals surface area contributed by atoms with Gasteiger partial charge in [0, 0.05) is 38.2 Å². The van der Waals surface area contributed by atoms with Gasteiger partial charge in [0.2, 0.25) is 5.96 Å². The first kappa shape index (κ1) is 28.0. The molecule has 1 unspecified atom stereocenters. The van der Waals surface area contributed by atoms with Crippen molar-refractivity contribution in [3.05, 3.63) is 175 Å². The first-order valence-corrected chi connectivity index (χ1v) is 17.2. The van der Waals surface area contributed by atoms with Crippen molar-refractivity contribution in [1.82, 2.24) is 14.5 Å². The maximum absolute atomic E-state index is 6.41.